The van der Waals surface area contributed by atoms with Gasteiger partial charge in [-0.2, -0.15) is 0 Å². The van der Waals surface area contributed by atoms with Crippen molar-refractivity contribution in [1.29, 1.82) is 0 Å². The third-order valence-corrected chi connectivity index (χ3v) is 8.71. The molecule has 0 saturated heterocycles. The Kier molecular flexibility index (Phi) is 6.21. The maximum absolute atomic E-state index is 3.95. The van der Waals surface area contributed by atoms with Crippen molar-refractivity contribution in [2.45, 2.75) is 26.2 Å². The molecule has 2 heteroatoms. The molecular formula is C40H34N2. The first-order valence-electron chi connectivity index (χ1n) is 14.6. The molecule has 0 fully saturated rings. The zero-order valence-electron chi connectivity index (χ0n) is 24.4. The van der Waals surface area contributed by atoms with Gasteiger partial charge in [0, 0.05) is 38.8 Å². The summed E-state index contributed by atoms with van der Waals surface area (Å²) in [5, 5.41) is 2.50. The van der Waals surface area contributed by atoms with E-state index in [0.29, 0.717) is 0 Å². The highest BCUT2D eigenvalue weighted by Gasteiger charge is 2.37. The Hall–Kier alpha value is -5.08. The van der Waals surface area contributed by atoms with Crippen molar-refractivity contribution < 1.29 is 0 Å². The first-order valence-corrected chi connectivity index (χ1v) is 14.6. The predicted octanol–water partition coefficient (Wildman–Crippen LogP) is 10.9. The second kappa shape index (κ2) is 10.1. The van der Waals surface area contributed by atoms with E-state index in [0.717, 1.165) is 17.1 Å². The van der Waals surface area contributed by atoms with E-state index in [1.54, 1.807) is 0 Å². The van der Waals surface area contributed by atoms with Crippen LogP contribution in [-0.4, -0.2) is 4.57 Å². The van der Waals surface area contributed by atoms with Crippen LogP contribution in [0.25, 0.3) is 38.6 Å². The normalized spacial score (nSPS) is 13.9. The molecule has 204 valence electrons. The molecule has 6 aromatic rings. The van der Waals surface area contributed by atoms with E-state index in [1.165, 1.54) is 49.7 Å². The van der Waals surface area contributed by atoms with E-state index in [9.17, 15) is 0 Å². The van der Waals surface area contributed by atoms with Gasteiger partial charge >= 0.3 is 0 Å². The number of anilines is 2. The van der Waals surface area contributed by atoms with Crippen LogP contribution in [0, 0.1) is 0 Å². The molecule has 5 aromatic carbocycles. The fourth-order valence-corrected chi connectivity index (χ4v) is 6.77. The number of hydrogen-bond acceptors (Lipinski definition) is 1. The summed E-state index contributed by atoms with van der Waals surface area (Å²) in [6, 6.07) is 41.9. The molecule has 0 amide bonds. The fourth-order valence-electron chi connectivity index (χ4n) is 6.77. The molecule has 0 N–H and O–H groups in total. The molecule has 0 saturated carbocycles. The van der Waals surface area contributed by atoms with Gasteiger partial charge in [0.25, 0.3) is 0 Å². The SMILES string of the molecule is C=C/C=C\C(=C/C)N(c1ccc2c3ccccc3n(-c3ccccc3)c2c1)c1cccc2c1-c1ccccc1C2(C)C. The number of hydrogen-bond donors (Lipinski definition) is 0. The molecule has 0 spiro atoms. The highest BCUT2D eigenvalue weighted by atomic mass is 15.2. The Morgan fingerprint density at radius 2 is 1.45 bits per heavy atom. The van der Waals surface area contributed by atoms with Crippen molar-refractivity contribution in [3.63, 3.8) is 0 Å². The second-order valence-corrected chi connectivity index (χ2v) is 11.4. The number of allylic oxidation sites excluding steroid dienone is 4. The van der Waals surface area contributed by atoms with Crippen molar-refractivity contribution in [2.75, 3.05) is 4.90 Å². The zero-order chi connectivity index (χ0) is 28.8. The predicted molar refractivity (Wildman–Crippen MR) is 180 cm³/mol. The van der Waals surface area contributed by atoms with Crippen LogP contribution in [0.3, 0.4) is 0 Å². The Morgan fingerprint density at radius 1 is 0.738 bits per heavy atom. The summed E-state index contributed by atoms with van der Waals surface area (Å²) in [4.78, 5) is 2.41. The summed E-state index contributed by atoms with van der Waals surface area (Å²) in [7, 11) is 0. The van der Waals surface area contributed by atoms with Gasteiger partial charge in [0.2, 0.25) is 0 Å². The first-order chi connectivity index (χ1) is 20.5. The molecule has 2 nitrogen and oxygen atoms in total. The van der Waals surface area contributed by atoms with Gasteiger partial charge in [-0.25, -0.2) is 0 Å². The lowest BCUT2D eigenvalue weighted by Gasteiger charge is -2.29. The molecule has 7 rings (SSSR count). The first kappa shape index (κ1) is 25.9. The summed E-state index contributed by atoms with van der Waals surface area (Å²) in [5.41, 5.74) is 12.2. The van der Waals surface area contributed by atoms with E-state index >= 15 is 0 Å². The maximum atomic E-state index is 3.95. The van der Waals surface area contributed by atoms with E-state index in [2.05, 4.69) is 164 Å². The number of para-hydroxylation sites is 2. The van der Waals surface area contributed by atoms with Gasteiger partial charge in [0.1, 0.15) is 0 Å². The second-order valence-electron chi connectivity index (χ2n) is 11.4. The van der Waals surface area contributed by atoms with E-state index in [1.807, 2.05) is 12.2 Å². The summed E-state index contributed by atoms with van der Waals surface area (Å²) >= 11 is 0. The number of fused-ring (bicyclic) bond motifs is 6. The van der Waals surface area contributed by atoms with E-state index in [4.69, 9.17) is 0 Å². The van der Waals surface area contributed by atoms with Gasteiger partial charge in [-0.3, -0.25) is 0 Å². The minimum absolute atomic E-state index is 0.0790. The Balaban J connectivity index is 1.54. The third kappa shape index (κ3) is 3.87. The largest absolute Gasteiger partial charge is 0.310 e. The summed E-state index contributed by atoms with van der Waals surface area (Å²) in [6.45, 7) is 10.7. The van der Waals surface area contributed by atoms with Crippen molar-refractivity contribution in [2.24, 2.45) is 0 Å². The number of nitrogens with zero attached hydrogens (tertiary/aromatic N) is 2. The monoisotopic (exact) mass is 542 g/mol. The molecule has 1 aliphatic rings. The van der Waals surface area contributed by atoms with Gasteiger partial charge in [0.05, 0.1) is 16.7 Å². The molecular weight excluding hydrogens is 508 g/mol. The standard InChI is InChI=1S/C40H34N2/c1-5-7-16-28(6-2)41(37-24-15-22-35-39(37)33-20-11-13-21-34(33)40(35,3)4)30-25-26-32-31-19-12-14-23-36(31)42(38(32)27-30)29-17-9-8-10-18-29/h5-27H,1H2,2-4H3/b16-7-,28-6+. The average Bonchev–Trinajstić information content (AvgIpc) is 3.48. The topological polar surface area (TPSA) is 8.17 Å². The van der Waals surface area contributed by atoms with E-state index in [-0.39, 0.29) is 5.41 Å². The lowest BCUT2D eigenvalue weighted by Crippen LogP contribution is -2.18. The molecule has 42 heavy (non-hydrogen) atoms. The third-order valence-electron chi connectivity index (χ3n) is 8.71. The van der Waals surface area contributed by atoms with Crippen LogP contribution in [-0.2, 0) is 5.41 Å². The van der Waals surface area contributed by atoms with Crippen molar-refractivity contribution in [3.05, 3.63) is 163 Å². The summed E-state index contributed by atoms with van der Waals surface area (Å²) < 4.78 is 2.38. The molecule has 0 aliphatic heterocycles. The van der Waals surface area contributed by atoms with Crippen LogP contribution in [0.15, 0.2) is 152 Å². The summed E-state index contributed by atoms with van der Waals surface area (Å²) in [6.07, 6.45) is 8.19. The van der Waals surface area contributed by atoms with E-state index < -0.39 is 0 Å². The quantitative estimate of drug-likeness (QED) is 0.190. The summed E-state index contributed by atoms with van der Waals surface area (Å²) in [5.74, 6) is 0. The van der Waals surface area contributed by atoms with Crippen molar-refractivity contribution in [1.82, 2.24) is 4.57 Å². The van der Waals surface area contributed by atoms with Crippen LogP contribution in [0.4, 0.5) is 11.4 Å². The van der Waals surface area contributed by atoms with Crippen LogP contribution in [0.1, 0.15) is 31.9 Å². The Labute approximate surface area is 248 Å². The zero-order valence-corrected chi connectivity index (χ0v) is 24.4. The molecule has 0 radical (unpaired) electrons. The maximum Gasteiger partial charge on any atom is 0.0561 e. The molecule has 0 atom stereocenters. The molecule has 1 aliphatic carbocycles. The number of aromatic nitrogens is 1. The van der Waals surface area contributed by atoms with Crippen LogP contribution < -0.4 is 4.90 Å². The minimum Gasteiger partial charge on any atom is -0.310 e. The molecule has 0 bridgehead atoms. The highest BCUT2D eigenvalue weighted by Crippen LogP contribution is 2.53. The van der Waals surface area contributed by atoms with Crippen LogP contribution in [0.2, 0.25) is 0 Å². The van der Waals surface area contributed by atoms with Crippen molar-refractivity contribution in [3.8, 4) is 16.8 Å². The lowest BCUT2D eigenvalue weighted by molar-refractivity contribution is 0.660. The van der Waals surface area contributed by atoms with Gasteiger partial charge in [-0.1, -0.05) is 118 Å². The molecule has 1 aromatic heterocycles. The van der Waals surface area contributed by atoms with Gasteiger partial charge in [-0.15, -0.1) is 0 Å². The van der Waals surface area contributed by atoms with Gasteiger partial charge in [0.15, 0.2) is 0 Å². The number of rotatable bonds is 6. The number of benzene rings is 5. The van der Waals surface area contributed by atoms with Crippen LogP contribution in [0.5, 0.6) is 0 Å². The van der Waals surface area contributed by atoms with Gasteiger partial charge in [-0.05, 0) is 66.1 Å². The smallest absolute Gasteiger partial charge is 0.0561 e. The van der Waals surface area contributed by atoms with Crippen LogP contribution >= 0.6 is 0 Å². The van der Waals surface area contributed by atoms with Crippen molar-refractivity contribution >= 4 is 33.2 Å². The minimum atomic E-state index is -0.0790. The molecule has 1 heterocycles. The molecule has 0 unspecified atom stereocenters. The fraction of sp³-hybridized carbons (Fsp3) is 0.100. The Morgan fingerprint density at radius 3 is 2.26 bits per heavy atom. The Bertz CT molecular complexity index is 2040. The lowest BCUT2D eigenvalue weighted by atomic mass is 9.82. The van der Waals surface area contributed by atoms with Gasteiger partial charge < -0.3 is 9.47 Å². The average molecular weight is 543 g/mol. The highest BCUT2D eigenvalue weighted by molar-refractivity contribution is 6.10.